The number of amides is 2. The molecule has 1 aromatic heterocycles. The summed E-state index contributed by atoms with van der Waals surface area (Å²) in [7, 11) is 2.94. The number of hydrogen-bond donors (Lipinski definition) is 2. The van der Waals surface area contributed by atoms with Crippen LogP contribution < -0.4 is 25.1 Å². The first kappa shape index (κ1) is 26.1. The molecule has 0 aliphatic carbocycles. The van der Waals surface area contributed by atoms with Gasteiger partial charge >= 0.3 is 5.97 Å². The maximum atomic E-state index is 12.8. The van der Waals surface area contributed by atoms with Gasteiger partial charge in [0.25, 0.3) is 11.8 Å². The van der Waals surface area contributed by atoms with Gasteiger partial charge in [-0.3, -0.25) is 20.4 Å². The zero-order valence-corrected chi connectivity index (χ0v) is 21.0. The van der Waals surface area contributed by atoms with Crippen LogP contribution in [-0.2, 0) is 9.53 Å². The molecule has 2 amide bonds. The number of rotatable bonds is 9. The van der Waals surface area contributed by atoms with Crippen molar-refractivity contribution in [1.82, 2.24) is 10.9 Å². The molecule has 0 spiro atoms. The molecule has 10 heteroatoms. The van der Waals surface area contributed by atoms with Gasteiger partial charge in [-0.05, 0) is 43.3 Å². The van der Waals surface area contributed by atoms with Crippen LogP contribution in [0.25, 0.3) is 22.3 Å². The predicted molar refractivity (Wildman–Crippen MR) is 138 cm³/mol. The molecule has 0 aliphatic rings. The topological polar surface area (TPSA) is 125 Å². The Morgan fingerprint density at radius 3 is 2.34 bits per heavy atom. The minimum atomic E-state index is -0.596. The first-order chi connectivity index (χ1) is 18.4. The molecule has 0 saturated carbocycles. The molecule has 4 rings (SSSR count). The molecular formula is C28H26N2O8. The van der Waals surface area contributed by atoms with Crippen molar-refractivity contribution in [3.63, 3.8) is 0 Å². The van der Waals surface area contributed by atoms with Gasteiger partial charge in [-0.15, -0.1) is 0 Å². The molecule has 196 valence electrons. The molecule has 0 atom stereocenters. The van der Waals surface area contributed by atoms with Gasteiger partial charge in [-0.2, -0.15) is 0 Å². The third-order valence-electron chi connectivity index (χ3n) is 5.51. The standard InChI is InChI=1S/C28H26N2O8/c1-4-36-28(33)25-20-15-19(11-13-21(20)38-26(25)17-8-6-5-7-9-17)37-16-24(31)29-30-27(32)18-10-12-22(34-2)23(14-18)35-3/h5-15H,4,16H2,1-3H3,(H,29,31)(H,30,32). The molecule has 1 heterocycles. The summed E-state index contributed by atoms with van der Waals surface area (Å²) in [4.78, 5) is 37.5. The van der Waals surface area contributed by atoms with Gasteiger partial charge in [0.1, 0.15) is 22.7 Å². The second-order valence-electron chi connectivity index (χ2n) is 7.91. The Balaban J connectivity index is 1.45. The van der Waals surface area contributed by atoms with Crippen LogP contribution in [0.4, 0.5) is 0 Å². The number of nitrogens with one attached hydrogen (secondary N) is 2. The highest BCUT2D eigenvalue weighted by molar-refractivity contribution is 6.09. The van der Waals surface area contributed by atoms with Crippen molar-refractivity contribution in [1.29, 1.82) is 0 Å². The van der Waals surface area contributed by atoms with E-state index in [-0.39, 0.29) is 17.7 Å². The van der Waals surface area contributed by atoms with Gasteiger partial charge in [0.05, 0.1) is 20.8 Å². The summed E-state index contributed by atoms with van der Waals surface area (Å²) in [5.74, 6) is -0.122. The third kappa shape index (κ3) is 5.70. The minimum absolute atomic E-state index is 0.200. The van der Waals surface area contributed by atoms with E-state index in [1.54, 1.807) is 31.2 Å². The molecule has 10 nitrogen and oxygen atoms in total. The largest absolute Gasteiger partial charge is 0.493 e. The maximum absolute atomic E-state index is 12.8. The zero-order valence-electron chi connectivity index (χ0n) is 21.0. The Labute approximate surface area is 218 Å². The number of benzene rings is 3. The average molecular weight is 519 g/mol. The number of ether oxygens (including phenoxy) is 4. The van der Waals surface area contributed by atoms with E-state index in [0.29, 0.717) is 34.0 Å². The van der Waals surface area contributed by atoms with Crippen LogP contribution in [0.15, 0.2) is 71.1 Å². The fraction of sp³-hybridized carbons (Fsp3) is 0.179. The monoisotopic (exact) mass is 518 g/mol. The molecule has 0 fully saturated rings. The van der Waals surface area contributed by atoms with E-state index in [2.05, 4.69) is 10.9 Å². The van der Waals surface area contributed by atoms with Crippen LogP contribution in [-0.4, -0.2) is 45.2 Å². The van der Waals surface area contributed by atoms with Crippen LogP contribution in [0.1, 0.15) is 27.6 Å². The van der Waals surface area contributed by atoms with E-state index in [9.17, 15) is 14.4 Å². The van der Waals surface area contributed by atoms with E-state index in [4.69, 9.17) is 23.4 Å². The summed E-state index contributed by atoms with van der Waals surface area (Å²) in [5.41, 5.74) is 6.33. The van der Waals surface area contributed by atoms with Crippen LogP contribution in [0.5, 0.6) is 17.2 Å². The minimum Gasteiger partial charge on any atom is -0.493 e. The van der Waals surface area contributed by atoms with Crippen LogP contribution >= 0.6 is 0 Å². The highest BCUT2D eigenvalue weighted by Crippen LogP contribution is 2.36. The lowest BCUT2D eigenvalue weighted by molar-refractivity contribution is -0.123. The summed E-state index contributed by atoms with van der Waals surface area (Å²) >= 11 is 0. The van der Waals surface area contributed by atoms with E-state index in [0.717, 1.165) is 5.56 Å². The van der Waals surface area contributed by atoms with Gasteiger partial charge < -0.3 is 23.4 Å². The quantitative estimate of drug-likeness (QED) is 0.250. The number of carbonyl (C=O) groups excluding carboxylic acids is 3. The first-order valence-corrected chi connectivity index (χ1v) is 11.7. The predicted octanol–water partition coefficient (Wildman–Crippen LogP) is 4.13. The summed E-state index contributed by atoms with van der Waals surface area (Å²) in [6.07, 6.45) is 0. The lowest BCUT2D eigenvalue weighted by Crippen LogP contribution is -2.43. The second-order valence-corrected chi connectivity index (χ2v) is 7.91. The normalized spacial score (nSPS) is 10.5. The van der Waals surface area contributed by atoms with Crippen molar-refractivity contribution in [3.05, 3.63) is 77.9 Å². The van der Waals surface area contributed by atoms with Crippen molar-refractivity contribution >= 4 is 28.8 Å². The number of hydrazine groups is 1. The Kier molecular flexibility index (Phi) is 8.12. The number of fused-ring (bicyclic) bond motifs is 1. The van der Waals surface area contributed by atoms with Crippen molar-refractivity contribution in [2.45, 2.75) is 6.92 Å². The summed E-state index contributed by atoms with van der Waals surface area (Å²) in [6, 6.07) is 18.7. The zero-order chi connectivity index (χ0) is 27.1. The molecule has 0 saturated heterocycles. The fourth-order valence-electron chi connectivity index (χ4n) is 3.73. The fourth-order valence-corrected chi connectivity index (χ4v) is 3.73. The van der Waals surface area contributed by atoms with Gasteiger partial charge in [0.2, 0.25) is 0 Å². The second kappa shape index (κ2) is 11.8. The first-order valence-electron chi connectivity index (χ1n) is 11.7. The van der Waals surface area contributed by atoms with Crippen molar-refractivity contribution in [2.24, 2.45) is 0 Å². The van der Waals surface area contributed by atoms with Gasteiger partial charge in [0, 0.05) is 16.5 Å². The average Bonchev–Trinajstić information content (AvgIpc) is 3.34. The number of hydrogen-bond acceptors (Lipinski definition) is 8. The van der Waals surface area contributed by atoms with E-state index in [1.165, 1.54) is 26.4 Å². The molecule has 3 aromatic carbocycles. The summed E-state index contributed by atoms with van der Waals surface area (Å²) in [6.45, 7) is 1.53. The smallest absolute Gasteiger partial charge is 0.342 e. The molecule has 0 bridgehead atoms. The van der Waals surface area contributed by atoms with Crippen molar-refractivity contribution < 1.29 is 37.7 Å². The van der Waals surface area contributed by atoms with Crippen LogP contribution in [0, 0.1) is 0 Å². The third-order valence-corrected chi connectivity index (χ3v) is 5.51. The highest BCUT2D eigenvalue weighted by atomic mass is 16.5. The Hall–Kier alpha value is -4.99. The lowest BCUT2D eigenvalue weighted by atomic mass is 10.1. The van der Waals surface area contributed by atoms with Crippen LogP contribution in [0.3, 0.4) is 0 Å². The Morgan fingerprint density at radius 1 is 0.868 bits per heavy atom. The van der Waals surface area contributed by atoms with Gasteiger partial charge in [-0.25, -0.2) is 4.79 Å². The molecule has 2 N–H and O–H groups in total. The molecule has 0 unspecified atom stereocenters. The number of carbonyl (C=O) groups is 3. The van der Waals surface area contributed by atoms with E-state index < -0.39 is 24.4 Å². The number of esters is 1. The van der Waals surface area contributed by atoms with Gasteiger partial charge in [-0.1, -0.05) is 30.3 Å². The Morgan fingerprint density at radius 2 is 1.63 bits per heavy atom. The summed E-state index contributed by atoms with van der Waals surface area (Å²) < 4.78 is 27.2. The Bertz CT molecular complexity index is 1460. The van der Waals surface area contributed by atoms with Crippen molar-refractivity contribution in [3.8, 4) is 28.6 Å². The summed E-state index contributed by atoms with van der Waals surface area (Å²) in [5, 5.41) is 0.488. The lowest BCUT2D eigenvalue weighted by Gasteiger charge is -2.11. The van der Waals surface area contributed by atoms with Crippen molar-refractivity contribution in [2.75, 3.05) is 27.4 Å². The van der Waals surface area contributed by atoms with E-state index >= 15 is 0 Å². The molecule has 4 aromatic rings. The van der Waals surface area contributed by atoms with Gasteiger partial charge in [0.15, 0.2) is 18.1 Å². The van der Waals surface area contributed by atoms with E-state index in [1.807, 2.05) is 30.3 Å². The molecular weight excluding hydrogens is 492 g/mol. The number of methoxy groups -OCH3 is 2. The molecule has 0 radical (unpaired) electrons. The maximum Gasteiger partial charge on any atom is 0.342 e. The number of furan rings is 1. The SMILES string of the molecule is CCOC(=O)c1c(-c2ccccc2)oc2ccc(OCC(=O)NNC(=O)c3ccc(OC)c(OC)c3)cc12. The molecule has 0 aliphatic heterocycles. The van der Waals surface area contributed by atoms with Crippen LogP contribution in [0.2, 0.25) is 0 Å². The molecule has 38 heavy (non-hydrogen) atoms. The highest BCUT2D eigenvalue weighted by Gasteiger charge is 2.24.